The van der Waals surface area contributed by atoms with E-state index in [1.807, 2.05) is 4.90 Å². The van der Waals surface area contributed by atoms with Crippen LogP contribution in [0.3, 0.4) is 0 Å². The summed E-state index contributed by atoms with van der Waals surface area (Å²) in [7, 11) is 0. The molecule has 0 N–H and O–H groups in total. The Hall–Kier alpha value is -1.04. The molecule has 18 heavy (non-hydrogen) atoms. The lowest BCUT2D eigenvalue weighted by Crippen LogP contribution is -2.46. The maximum absolute atomic E-state index is 12.3. The van der Waals surface area contributed by atoms with Crippen LogP contribution >= 0.6 is 0 Å². The third-order valence-corrected chi connectivity index (χ3v) is 5.40. The van der Waals surface area contributed by atoms with Crippen LogP contribution < -0.4 is 0 Å². The van der Waals surface area contributed by atoms with Gasteiger partial charge in [-0.1, -0.05) is 19.3 Å². The number of hydrogen-bond acceptors (Lipinski definition) is 2. The first-order valence-corrected chi connectivity index (χ1v) is 7.41. The SMILES string of the molecule is N#CC1(C(=O)N2CCC3(CCCCC3)CC2)CC1. The van der Waals surface area contributed by atoms with Crippen molar-refractivity contribution in [2.24, 2.45) is 10.8 Å². The quantitative estimate of drug-likeness (QED) is 0.714. The predicted octanol–water partition coefficient (Wildman–Crippen LogP) is 2.86. The Kier molecular flexibility index (Phi) is 2.84. The van der Waals surface area contributed by atoms with Gasteiger partial charge in [-0.3, -0.25) is 4.79 Å². The normalized spacial score (nSPS) is 28.7. The van der Waals surface area contributed by atoms with Crippen LogP contribution in [0.5, 0.6) is 0 Å². The third-order valence-electron chi connectivity index (χ3n) is 5.40. The van der Waals surface area contributed by atoms with E-state index in [2.05, 4.69) is 6.07 Å². The van der Waals surface area contributed by atoms with E-state index in [4.69, 9.17) is 5.26 Å². The summed E-state index contributed by atoms with van der Waals surface area (Å²) < 4.78 is 0. The molecular weight excluding hydrogens is 224 g/mol. The van der Waals surface area contributed by atoms with Crippen molar-refractivity contribution in [3.05, 3.63) is 0 Å². The van der Waals surface area contributed by atoms with Gasteiger partial charge in [0.15, 0.2) is 0 Å². The average Bonchev–Trinajstić information content (AvgIpc) is 3.21. The summed E-state index contributed by atoms with van der Waals surface area (Å²) >= 11 is 0. The number of rotatable bonds is 1. The summed E-state index contributed by atoms with van der Waals surface area (Å²) in [6, 6.07) is 2.23. The van der Waals surface area contributed by atoms with Crippen LogP contribution in [0.15, 0.2) is 0 Å². The largest absolute Gasteiger partial charge is 0.341 e. The second kappa shape index (κ2) is 4.26. The highest BCUT2D eigenvalue weighted by Gasteiger charge is 2.53. The van der Waals surface area contributed by atoms with E-state index in [-0.39, 0.29) is 5.91 Å². The smallest absolute Gasteiger partial charge is 0.243 e. The minimum atomic E-state index is -0.614. The number of hydrogen-bond donors (Lipinski definition) is 0. The summed E-state index contributed by atoms with van der Waals surface area (Å²) in [5, 5.41) is 9.10. The fourth-order valence-electron chi connectivity index (χ4n) is 3.79. The molecule has 0 atom stereocenters. The molecule has 0 unspecified atom stereocenters. The van der Waals surface area contributed by atoms with Gasteiger partial charge in [-0.15, -0.1) is 0 Å². The molecule has 0 bridgehead atoms. The highest BCUT2D eigenvalue weighted by atomic mass is 16.2. The number of carbonyl (C=O) groups is 1. The lowest BCUT2D eigenvalue weighted by molar-refractivity contribution is -0.137. The van der Waals surface area contributed by atoms with Crippen molar-refractivity contribution in [1.29, 1.82) is 5.26 Å². The molecular formula is C15H22N2O. The fraction of sp³-hybridized carbons (Fsp3) is 0.867. The molecule has 98 valence electrons. The van der Waals surface area contributed by atoms with E-state index in [1.165, 1.54) is 44.9 Å². The molecule has 0 aromatic rings. The summed E-state index contributed by atoms with van der Waals surface area (Å²) in [5.41, 5.74) is -0.0740. The zero-order chi connectivity index (χ0) is 12.6. The number of nitriles is 1. The molecule has 3 fully saturated rings. The molecule has 3 rings (SSSR count). The van der Waals surface area contributed by atoms with Crippen molar-refractivity contribution >= 4 is 5.91 Å². The highest BCUT2D eigenvalue weighted by molar-refractivity contribution is 5.88. The maximum Gasteiger partial charge on any atom is 0.243 e. The van der Waals surface area contributed by atoms with Crippen molar-refractivity contribution < 1.29 is 4.79 Å². The van der Waals surface area contributed by atoms with E-state index in [9.17, 15) is 4.79 Å². The van der Waals surface area contributed by atoms with E-state index < -0.39 is 5.41 Å². The Morgan fingerprint density at radius 2 is 1.56 bits per heavy atom. The lowest BCUT2D eigenvalue weighted by Gasteiger charge is -2.44. The van der Waals surface area contributed by atoms with Gasteiger partial charge in [-0.05, 0) is 43.9 Å². The van der Waals surface area contributed by atoms with Crippen LogP contribution in [0.2, 0.25) is 0 Å². The van der Waals surface area contributed by atoms with Crippen LogP contribution in [0.4, 0.5) is 0 Å². The molecule has 2 saturated carbocycles. The minimum Gasteiger partial charge on any atom is -0.341 e. The topological polar surface area (TPSA) is 44.1 Å². The van der Waals surface area contributed by atoms with E-state index in [0.29, 0.717) is 5.41 Å². The van der Waals surface area contributed by atoms with Crippen molar-refractivity contribution in [3.8, 4) is 6.07 Å². The van der Waals surface area contributed by atoms with Crippen LogP contribution in [-0.2, 0) is 4.79 Å². The van der Waals surface area contributed by atoms with Gasteiger partial charge >= 0.3 is 0 Å². The average molecular weight is 246 g/mol. The summed E-state index contributed by atoms with van der Waals surface area (Å²) in [4.78, 5) is 14.3. The second-order valence-corrected chi connectivity index (χ2v) is 6.55. The van der Waals surface area contributed by atoms with E-state index in [1.54, 1.807) is 0 Å². The number of likely N-dealkylation sites (tertiary alicyclic amines) is 1. The molecule has 1 saturated heterocycles. The Morgan fingerprint density at radius 1 is 0.944 bits per heavy atom. The Bertz CT molecular complexity index is 376. The zero-order valence-corrected chi connectivity index (χ0v) is 11.1. The Morgan fingerprint density at radius 3 is 2.06 bits per heavy atom. The molecule has 3 nitrogen and oxygen atoms in total. The fourth-order valence-corrected chi connectivity index (χ4v) is 3.79. The molecule has 0 aromatic carbocycles. The lowest BCUT2D eigenvalue weighted by atomic mass is 9.68. The molecule has 1 spiro atoms. The first kappa shape index (κ1) is 12.0. The molecule has 1 heterocycles. The van der Waals surface area contributed by atoms with Crippen molar-refractivity contribution in [2.75, 3.05) is 13.1 Å². The molecule has 3 heteroatoms. The van der Waals surface area contributed by atoms with Crippen molar-refractivity contribution in [2.45, 2.75) is 57.8 Å². The number of nitrogens with zero attached hydrogens (tertiary/aromatic N) is 2. The molecule has 0 aromatic heterocycles. The minimum absolute atomic E-state index is 0.121. The standard InChI is InChI=1S/C15H22N2O/c16-12-15(6-7-15)13(18)17-10-8-14(9-11-17)4-2-1-3-5-14/h1-11H2. The van der Waals surface area contributed by atoms with Crippen molar-refractivity contribution in [1.82, 2.24) is 4.90 Å². The van der Waals surface area contributed by atoms with Crippen molar-refractivity contribution in [3.63, 3.8) is 0 Å². The Labute approximate surface area is 109 Å². The van der Waals surface area contributed by atoms with Gasteiger partial charge < -0.3 is 4.90 Å². The van der Waals surface area contributed by atoms with Crippen LogP contribution in [0.1, 0.15) is 57.8 Å². The predicted molar refractivity (Wildman–Crippen MR) is 68.6 cm³/mol. The van der Waals surface area contributed by atoms with Gasteiger partial charge in [-0.2, -0.15) is 5.26 Å². The monoisotopic (exact) mass is 246 g/mol. The van der Waals surface area contributed by atoms with Gasteiger partial charge in [0.25, 0.3) is 0 Å². The van der Waals surface area contributed by atoms with Crippen LogP contribution in [0, 0.1) is 22.2 Å². The van der Waals surface area contributed by atoms with Gasteiger partial charge in [0.2, 0.25) is 5.91 Å². The second-order valence-electron chi connectivity index (χ2n) is 6.55. The Balaban J connectivity index is 1.60. The van der Waals surface area contributed by atoms with E-state index >= 15 is 0 Å². The van der Waals surface area contributed by atoms with Gasteiger partial charge in [0, 0.05) is 13.1 Å². The number of piperidine rings is 1. The highest BCUT2D eigenvalue weighted by Crippen LogP contribution is 2.49. The zero-order valence-electron chi connectivity index (χ0n) is 11.1. The molecule has 0 radical (unpaired) electrons. The molecule has 3 aliphatic rings. The van der Waals surface area contributed by atoms with Gasteiger partial charge in [0.05, 0.1) is 6.07 Å². The van der Waals surface area contributed by atoms with Crippen LogP contribution in [-0.4, -0.2) is 23.9 Å². The third kappa shape index (κ3) is 1.92. The van der Waals surface area contributed by atoms with E-state index in [0.717, 1.165) is 25.9 Å². The first-order valence-electron chi connectivity index (χ1n) is 7.41. The van der Waals surface area contributed by atoms with Crippen LogP contribution in [0.25, 0.3) is 0 Å². The van der Waals surface area contributed by atoms with Gasteiger partial charge in [0.1, 0.15) is 5.41 Å². The maximum atomic E-state index is 12.3. The molecule has 1 amide bonds. The summed E-state index contributed by atoms with van der Waals surface area (Å²) in [5.74, 6) is 0.121. The number of amides is 1. The molecule has 1 aliphatic heterocycles. The summed E-state index contributed by atoms with van der Waals surface area (Å²) in [6.45, 7) is 1.78. The molecule has 2 aliphatic carbocycles. The summed E-state index contributed by atoms with van der Waals surface area (Å²) in [6.07, 6.45) is 10.7. The number of carbonyl (C=O) groups excluding carboxylic acids is 1. The van der Waals surface area contributed by atoms with Gasteiger partial charge in [-0.25, -0.2) is 0 Å². The first-order chi connectivity index (χ1) is 8.70.